The molecule has 0 fully saturated rings. The molecular weight excluding hydrogens is 346 g/mol. The number of nitrogens with two attached hydrogens (primary N) is 1. The average Bonchev–Trinajstić information content (AvgIpc) is 2.86. The number of benzene rings is 3. The van der Waals surface area contributed by atoms with Crippen molar-refractivity contribution < 1.29 is 4.79 Å². The molecule has 0 spiro atoms. The van der Waals surface area contributed by atoms with Crippen molar-refractivity contribution >= 4 is 17.3 Å². The Bertz CT molecular complexity index is 983. The molecule has 1 aliphatic rings. The molecule has 1 unspecified atom stereocenters. The fraction of sp³-hybridized carbons (Fsp3) is 0.167. The molecular formula is C24H23N3O. The highest BCUT2D eigenvalue weighted by molar-refractivity contribution is 6.20. The van der Waals surface area contributed by atoms with Crippen LogP contribution in [0.25, 0.3) is 0 Å². The van der Waals surface area contributed by atoms with E-state index in [-0.39, 0.29) is 5.91 Å². The summed E-state index contributed by atoms with van der Waals surface area (Å²) in [6.07, 6.45) is 0.561. The van der Waals surface area contributed by atoms with Crippen molar-refractivity contribution in [1.82, 2.24) is 0 Å². The van der Waals surface area contributed by atoms with Gasteiger partial charge in [0.2, 0.25) is 0 Å². The zero-order valence-electron chi connectivity index (χ0n) is 15.7. The van der Waals surface area contributed by atoms with Gasteiger partial charge in [-0.25, -0.2) is 0 Å². The van der Waals surface area contributed by atoms with Crippen molar-refractivity contribution in [2.24, 2.45) is 10.7 Å². The lowest BCUT2D eigenvalue weighted by atomic mass is 10.00. The number of carbonyl (C=O) groups excluding carboxylic acids is 1. The summed E-state index contributed by atoms with van der Waals surface area (Å²) in [5, 5.41) is 0. The summed E-state index contributed by atoms with van der Waals surface area (Å²) in [7, 11) is 0. The van der Waals surface area contributed by atoms with Crippen LogP contribution < -0.4 is 10.6 Å². The average molecular weight is 369 g/mol. The van der Waals surface area contributed by atoms with Gasteiger partial charge in [0.25, 0.3) is 5.91 Å². The first-order valence-electron chi connectivity index (χ1n) is 9.56. The molecule has 0 radical (unpaired) electrons. The normalized spacial score (nSPS) is 16.3. The number of hydrogen-bond donors (Lipinski definition) is 1. The molecule has 1 aliphatic heterocycles. The standard InChI is InChI=1S/C24H23N3O/c25-15-16-27-22-14-8-7-13-20(22)23(19-11-5-2-6-12-19)26-21(24(27)28)17-18-9-3-1-4-10-18/h1-14,21H,15-17,25H2. The molecule has 1 amide bonds. The van der Waals surface area contributed by atoms with E-state index in [2.05, 4.69) is 0 Å². The van der Waals surface area contributed by atoms with E-state index in [0.717, 1.165) is 28.1 Å². The molecule has 4 nitrogen and oxygen atoms in total. The zero-order valence-corrected chi connectivity index (χ0v) is 15.7. The Labute approximate surface area is 165 Å². The van der Waals surface area contributed by atoms with Crippen molar-refractivity contribution in [3.63, 3.8) is 0 Å². The minimum atomic E-state index is -0.489. The van der Waals surface area contributed by atoms with Gasteiger partial charge in [0.05, 0.1) is 11.4 Å². The number of benzodiazepines with no additional fused rings is 1. The van der Waals surface area contributed by atoms with E-state index in [1.54, 1.807) is 4.90 Å². The number of hydrogen-bond acceptors (Lipinski definition) is 3. The van der Waals surface area contributed by atoms with Crippen LogP contribution in [-0.4, -0.2) is 30.8 Å². The number of nitrogens with zero attached hydrogens (tertiary/aromatic N) is 2. The molecule has 4 heteroatoms. The highest BCUT2D eigenvalue weighted by Crippen LogP contribution is 2.29. The topological polar surface area (TPSA) is 58.7 Å². The van der Waals surface area contributed by atoms with Gasteiger partial charge < -0.3 is 10.6 Å². The minimum Gasteiger partial charge on any atom is -0.329 e. The van der Waals surface area contributed by atoms with E-state index in [4.69, 9.17) is 10.7 Å². The summed E-state index contributed by atoms with van der Waals surface area (Å²) in [4.78, 5) is 20.2. The van der Waals surface area contributed by atoms with Crippen LogP contribution in [0.1, 0.15) is 16.7 Å². The van der Waals surface area contributed by atoms with E-state index in [1.165, 1.54) is 0 Å². The lowest BCUT2D eigenvalue weighted by Crippen LogP contribution is -2.41. The number of carbonyl (C=O) groups is 1. The predicted molar refractivity (Wildman–Crippen MR) is 114 cm³/mol. The molecule has 3 aromatic rings. The molecule has 3 aromatic carbocycles. The van der Waals surface area contributed by atoms with Gasteiger partial charge in [0.1, 0.15) is 6.04 Å². The van der Waals surface area contributed by atoms with E-state index in [9.17, 15) is 4.79 Å². The molecule has 28 heavy (non-hydrogen) atoms. The van der Waals surface area contributed by atoms with Crippen LogP contribution in [0.5, 0.6) is 0 Å². The fourth-order valence-electron chi connectivity index (χ4n) is 3.64. The Hall–Kier alpha value is -3.24. The first kappa shape index (κ1) is 18.1. The third-order valence-corrected chi connectivity index (χ3v) is 4.96. The first-order chi connectivity index (χ1) is 13.8. The highest BCUT2D eigenvalue weighted by Gasteiger charge is 2.31. The smallest absolute Gasteiger partial charge is 0.252 e. The summed E-state index contributed by atoms with van der Waals surface area (Å²) in [6, 6.07) is 27.6. The van der Waals surface area contributed by atoms with Crippen molar-refractivity contribution in [1.29, 1.82) is 0 Å². The molecule has 0 bridgehead atoms. The SMILES string of the molecule is NCCN1C(=O)C(Cc2ccccc2)N=C(c2ccccc2)c2ccccc21. The van der Waals surface area contributed by atoms with Crippen LogP contribution in [0, 0.1) is 0 Å². The highest BCUT2D eigenvalue weighted by atomic mass is 16.2. The summed E-state index contributed by atoms with van der Waals surface area (Å²) >= 11 is 0. The van der Waals surface area contributed by atoms with Gasteiger partial charge >= 0.3 is 0 Å². The Morgan fingerprint density at radius 2 is 1.50 bits per heavy atom. The largest absolute Gasteiger partial charge is 0.329 e. The Morgan fingerprint density at radius 1 is 0.857 bits per heavy atom. The molecule has 140 valence electrons. The van der Waals surface area contributed by atoms with Gasteiger partial charge in [-0.2, -0.15) is 0 Å². The Kier molecular flexibility index (Phi) is 5.31. The lowest BCUT2D eigenvalue weighted by molar-refractivity contribution is -0.119. The summed E-state index contributed by atoms with van der Waals surface area (Å²) in [5.41, 5.74) is 10.6. The van der Waals surface area contributed by atoms with Crippen molar-refractivity contribution in [2.75, 3.05) is 18.0 Å². The van der Waals surface area contributed by atoms with E-state index in [0.29, 0.717) is 19.5 Å². The molecule has 1 heterocycles. The van der Waals surface area contributed by atoms with Crippen LogP contribution in [0.15, 0.2) is 89.9 Å². The van der Waals surface area contributed by atoms with Crippen LogP contribution in [0.4, 0.5) is 5.69 Å². The van der Waals surface area contributed by atoms with Crippen molar-refractivity contribution in [2.45, 2.75) is 12.5 Å². The molecule has 1 atom stereocenters. The third kappa shape index (κ3) is 3.59. The summed E-state index contributed by atoms with van der Waals surface area (Å²) < 4.78 is 0. The first-order valence-corrected chi connectivity index (χ1v) is 9.56. The fourth-order valence-corrected chi connectivity index (χ4v) is 3.64. The second-order valence-corrected chi connectivity index (χ2v) is 6.84. The van der Waals surface area contributed by atoms with E-state index < -0.39 is 6.04 Å². The van der Waals surface area contributed by atoms with Crippen molar-refractivity contribution in [3.8, 4) is 0 Å². The Balaban J connectivity index is 1.86. The van der Waals surface area contributed by atoms with Gasteiger partial charge in [0.15, 0.2) is 0 Å². The van der Waals surface area contributed by atoms with Crippen LogP contribution >= 0.6 is 0 Å². The summed E-state index contributed by atoms with van der Waals surface area (Å²) in [6.45, 7) is 0.873. The second-order valence-electron chi connectivity index (χ2n) is 6.84. The van der Waals surface area contributed by atoms with Crippen LogP contribution in [-0.2, 0) is 11.2 Å². The maximum Gasteiger partial charge on any atom is 0.252 e. The molecule has 4 rings (SSSR count). The lowest BCUT2D eigenvalue weighted by Gasteiger charge is -2.24. The zero-order chi connectivity index (χ0) is 19.3. The number of fused-ring (bicyclic) bond motifs is 1. The molecule has 0 saturated heterocycles. The van der Waals surface area contributed by atoms with E-state index in [1.807, 2.05) is 84.9 Å². The minimum absolute atomic E-state index is 0.00677. The number of aliphatic imine (C=N–C) groups is 1. The molecule has 0 aliphatic carbocycles. The predicted octanol–water partition coefficient (Wildman–Crippen LogP) is 3.44. The summed E-state index contributed by atoms with van der Waals surface area (Å²) in [5.74, 6) is -0.00677. The van der Waals surface area contributed by atoms with Crippen LogP contribution in [0.2, 0.25) is 0 Å². The van der Waals surface area contributed by atoms with E-state index >= 15 is 0 Å². The molecule has 0 saturated carbocycles. The third-order valence-electron chi connectivity index (χ3n) is 4.96. The maximum absolute atomic E-state index is 13.4. The monoisotopic (exact) mass is 369 g/mol. The second kappa shape index (κ2) is 8.19. The molecule has 2 N–H and O–H groups in total. The number of amides is 1. The Morgan fingerprint density at radius 3 is 2.21 bits per heavy atom. The molecule has 0 aromatic heterocycles. The van der Waals surface area contributed by atoms with Gasteiger partial charge in [-0.15, -0.1) is 0 Å². The van der Waals surface area contributed by atoms with Gasteiger partial charge in [-0.1, -0.05) is 78.9 Å². The number of rotatable bonds is 5. The van der Waals surface area contributed by atoms with Gasteiger partial charge in [-0.05, 0) is 11.6 Å². The van der Waals surface area contributed by atoms with Gasteiger partial charge in [-0.3, -0.25) is 9.79 Å². The number of para-hydroxylation sites is 1. The van der Waals surface area contributed by atoms with Gasteiger partial charge in [0, 0.05) is 30.6 Å². The van der Waals surface area contributed by atoms with Crippen LogP contribution in [0.3, 0.4) is 0 Å². The quantitative estimate of drug-likeness (QED) is 0.749. The maximum atomic E-state index is 13.4. The number of anilines is 1. The van der Waals surface area contributed by atoms with Crippen molar-refractivity contribution in [3.05, 3.63) is 102 Å².